The monoisotopic (exact) mass is 244 g/mol. The number of carbonyl (C=O) groups excluding carboxylic acids is 1. The van der Waals surface area contributed by atoms with Gasteiger partial charge < -0.3 is 4.98 Å². The molecular formula is C11H8N4OS. The van der Waals surface area contributed by atoms with Crippen molar-refractivity contribution in [2.24, 2.45) is 0 Å². The second-order valence-electron chi connectivity index (χ2n) is 3.39. The maximum absolute atomic E-state index is 11.8. The minimum atomic E-state index is -0.281. The topological polar surface area (TPSA) is 70.7 Å². The van der Waals surface area contributed by atoms with E-state index in [1.807, 2.05) is 24.3 Å². The van der Waals surface area contributed by atoms with Gasteiger partial charge in [0.15, 0.2) is 11.0 Å². The summed E-state index contributed by atoms with van der Waals surface area (Å²) in [6.07, 6.45) is 1.64. The first-order chi connectivity index (χ1) is 8.33. The Morgan fingerprint density at radius 3 is 3.00 bits per heavy atom. The molecule has 0 aliphatic heterocycles. The van der Waals surface area contributed by atoms with E-state index in [1.54, 1.807) is 11.6 Å². The summed E-state index contributed by atoms with van der Waals surface area (Å²) in [4.78, 5) is 23.0. The normalized spacial score (nSPS) is 10.6. The second-order valence-corrected chi connectivity index (χ2v) is 4.29. The number of hydrogen-bond acceptors (Lipinski definition) is 4. The van der Waals surface area contributed by atoms with Crippen molar-refractivity contribution >= 4 is 33.4 Å². The number of carbonyl (C=O) groups is 1. The van der Waals surface area contributed by atoms with Gasteiger partial charge in [-0.1, -0.05) is 12.1 Å². The Morgan fingerprint density at radius 1 is 1.35 bits per heavy atom. The lowest BCUT2D eigenvalue weighted by atomic mass is 10.3. The molecule has 0 spiro atoms. The molecule has 0 bridgehead atoms. The molecule has 84 valence electrons. The highest BCUT2D eigenvalue weighted by atomic mass is 32.1. The van der Waals surface area contributed by atoms with Crippen LogP contribution in [0, 0.1) is 0 Å². The third-order valence-corrected chi connectivity index (χ3v) is 2.95. The number of anilines is 1. The first-order valence-electron chi connectivity index (χ1n) is 4.98. The molecule has 2 aromatic heterocycles. The molecule has 2 N–H and O–H groups in total. The van der Waals surface area contributed by atoms with E-state index in [0.717, 1.165) is 11.0 Å². The summed E-state index contributed by atoms with van der Waals surface area (Å²) in [6, 6.07) is 7.50. The van der Waals surface area contributed by atoms with Gasteiger partial charge >= 0.3 is 0 Å². The Labute approximate surface area is 101 Å². The summed E-state index contributed by atoms with van der Waals surface area (Å²) in [7, 11) is 0. The van der Waals surface area contributed by atoms with Gasteiger partial charge in [0.05, 0.1) is 11.0 Å². The largest absolute Gasteiger partial charge is 0.334 e. The Kier molecular flexibility index (Phi) is 2.34. The van der Waals surface area contributed by atoms with Crippen LogP contribution in [-0.4, -0.2) is 20.9 Å². The fraction of sp³-hybridized carbons (Fsp3) is 0. The maximum Gasteiger partial charge on any atom is 0.293 e. The lowest BCUT2D eigenvalue weighted by Crippen LogP contribution is -2.13. The molecule has 5 nitrogen and oxygen atoms in total. The third-order valence-electron chi connectivity index (χ3n) is 2.26. The van der Waals surface area contributed by atoms with Crippen LogP contribution >= 0.6 is 11.3 Å². The van der Waals surface area contributed by atoms with Crippen molar-refractivity contribution in [1.82, 2.24) is 15.0 Å². The standard InChI is InChI=1S/C11H8N4OS/c16-10(15-11-12-5-6-17-11)9-13-7-3-1-2-4-8(7)14-9/h1-6H,(H,13,14)(H,12,15,16). The van der Waals surface area contributed by atoms with Crippen molar-refractivity contribution in [3.8, 4) is 0 Å². The van der Waals surface area contributed by atoms with Crippen molar-refractivity contribution < 1.29 is 4.79 Å². The summed E-state index contributed by atoms with van der Waals surface area (Å²) in [5.41, 5.74) is 1.62. The minimum Gasteiger partial charge on any atom is -0.334 e. The van der Waals surface area contributed by atoms with Crippen LogP contribution in [0.4, 0.5) is 5.13 Å². The summed E-state index contributed by atoms with van der Waals surface area (Å²) >= 11 is 1.37. The molecule has 3 aromatic rings. The van der Waals surface area contributed by atoms with Crippen LogP contribution in [0.1, 0.15) is 10.6 Å². The van der Waals surface area contributed by atoms with Gasteiger partial charge in [-0.2, -0.15) is 0 Å². The molecular weight excluding hydrogens is 236 g/mol. The third kappa shape index (κ3) is 1.90. The van der Waals surface area contributed by atoms with E-state index in [0.29, 0.717) is 11.0 Å². The Morgan fingerprint density at radius 2 is 2.24 bits per heavy atom. The molecule has 6 heteroatoms. The number of nitrogens with one attached hydrogen (secondary N) is 2. The van der Waals surface area contributed by atoms with Crippen LogP contribution in [0.3, 0.4) is 0 Å². The van der Waals surface area contributed by atoms with E-state index in [9.17, 15) is 4.79 Å². The summed E-state index contributed by atoms with van der Waals surface area (Å²) < 4.78 is 0. The fourth-order valence-electron chi connectivity index (χ4n) is 1.50. The molecule has 3 rings (SSSR count). The van der Waals surface area contributed by atoms with Crippen LogP contribution < -0.4 is 5.32 Å². The number of aromatic nitrogens is 3. The minimum absolute atomic E-state index is 0.281. The van der Waals surface area contributed by atoms with E-state index in [-0.39, 0.29) is 5.91 Å². The molecule has 0 saturated heterocycles. The van der Waals surface area contributed by atoms with Crippen LogP contribution in [0.15, 0.2) is 35.8 Å². The van der Waals surface area contributed by atoms with Gasteiger partial charge in [-0.05, 0) is 12.1 Å². The SMILES string of the molecule is O=C(Nc1nccs1)c1nc2ccccc2[nH]1. The summed E-state index contributed by atoms with van der Waals surface area (Å²) in [5.74, 6) is 0.0116. The molecule has 0 unspecified atom stereocenters. The van der Waals surface area contributed by atoms with Crippen LogP contribution in [0.5, 0.6) is 0 Å². The predicted octanol–water partition coefficient (Wildman–Crippen LogP) is 2.27. The number of H-pyrrole nitrogens is 1. The van der Waals surface area contributed by atoms with Crippen LogP contribution in [0.25, 0.3) is 11.0 Å². The van der Waals surface area contributed by atoms with Crippen molar-refractivity contribution in [2.75, 3.05) is 5.32 Å². The number of para-hydroxylation sites is 2. The highest BCUT2D eigenvalue weighted by molar-refractivity contribution is 7.13. The van der Waals surface area contributed by atoms with Crippen LogP contribution in [0.2, 0.25) is 0 Å². The van der Waals surface area contributed by atoms with E-state index in [1.165, 1.54) is 11.3 Å². The molecule has 0 radical (unpaired) electrons. The molecule has 1 amide bonds. The average Bonchev–Trinajstić information content (AvgIpc) is 2.96. The van der Waals surface area contributed by atoms with Crippen molar-refractivity contribution in [1.29, 1.82) is 0 Å². The molecule has 2 heterocycles. The zero-order chi connectivity index (χ0) is 11.7. The smallest absolute Gasteiger partial charge is 0.293 e. The number of hydrogen-bond donors (Lipinski definition) is 2. The number of thiazole rings is 1. The summed E-state index contributed by atoms with van der Waals surface area (Å²) in [6.45, 7) is 0. The number of nitrogens with zero attached hydrogens (tertiary/aromatic N) is 2. The van der Waals surface area contributed by atoms with Gasteiger partial charge in [-0.3, -0.25) is 10.1 Å². The quantitative estimate of drug-likeness (QED) is 0.726. The Bertz CT molecular complexity index is 626. The van der Waals surface area contributed by atoms with Gasteiger partial charge in [0.25, 0.3) is 5.91 Å². The number of aromatic amines is 1. The molecule has 0 aliphatic rings. The van der Waals surface area contributed by atoms with Crippen LogP contribution in [-0.2, 0) is 0 Å². The van der Waals surface area contributed by atoms with Crippen molar-refractivity contribution in [2.45, 2.75) is 0 Å². The fourth-order valence-corrected chi connectivity index (χ4v) is 2.03. The second kappa shape index (κ2) is 3.99. The van der Waals surface area contributed by atoms with E-state index < -0.39 is 0 Å². The first kappa shape index (κ1) is 9.98. The van der Waals surface area contributed by atoms with Gasteiger partial charge in [0, 0.05) is 11.6 Å². The average molecular weight is 244 g/mol. The van der Waals surface area contributed by atoms with Crippen molar-refractivity contribution in [3.63, 3.8) is 0 Å². The molecule has 1 aromatic carbocycles. The van der Waals surface area contributed by atoms with Gasteiger partial charge in [-0.25, -0.2) is 9.97 Å². The van der Waals surface area contributed by atoms with Gasteiger partial charge in [-0.15, -0.1) is 11.3 Å². The zero-order valence-corrected chi connectivity index (χ0v) is 9.49. The summed E-state index contributed by atoms with van der Waals surface area (Å²) in [5, 5.41) is 5.04. The van der Waals surface area contributed by atoms with E-state index in [2.05, 4.69) is 20.3 Å². The van der Waals surface area contributed by atoms with Crippen molar-refractivity contribution in [3.05, 3.63) is 41.7 Å². The molecule has 0 fully saturated rings. The number of fused-ring (bicyclic) bond motifs is 1. The number of amides is 1. The highest BCUT2D eigenvalue weighted by Gasteiger charge is 2.12. The Balaban J connectivity index is 1.90. The molecule has 17 heavy (non-hydrogen) atoms. The van der Waals surface area contributed by atoms with Gasteiger partial charge in [0.2, 0.25) is 0 Å². The molecule has 0 atom stereocenters. The molecule has 0 aliphatic carbocycles. The lowest BCUT2D eigenvalue weighted by molar-refractivity contribution is 0.101. The van der Waals surface area contributed by atoms with E-state index in [4.69, 9.17) is 0 Å². The Hall–Kier alpha value is -2.21. The first-order valence-corrected chi connectivity index (χ1v) is 5.86. The highest BCUT2D eigenvalue weighted by Crippen LogP contribution is 2.14. The number of benzene rings is 1. The maximum atomic E-state index is 11.8. The molecule has 0 saturated carbocycles. The predicted molar refractivity (Wildman–Crippen MR) is 66.2 cm³/mol. The number of imidazole rings is 1. The lowest BCUT2D eigenvalue weighted by Gasteiger charge is -1.96. The van der Waals surface area contributed by atoms with E-state index >= 15 is 0 Å². The van der Waals surface area contributed by atoms with Gasteiger partial charge in [0.1, 0.15) is 0 Å². The zero-order valence-electron chi connectivity index (χ0n) is 8.68. The number of rotatable bonds is 2.